The standard InChI is InChI=1S/C23H29ClN2O2/c1-15(2)9-10-20-18-11-17(19-6-4-8-22(28)26(19)20)13-25(14-18)12-16-5-3-7-21(27)23(16)24/h3-8,15,17-18,20,27H,9-14H2,1-2H3/t17-,18+,20+/m1/s1. The third-order valence-electron chi connectivity index (χ3n) is 6.37. The molecule has 0 unspecified atom stereocenters. The van der Waals surface area contributed by atoms with E-state index in [2.05, 4.69) is 29.4 Å². The van der Waals surface area contributed by atoms with Crippen LogP contribution in [0.1, 0.15) is 56.3 Å². The zero-order valence-electron chi connectivity index (χ0n) is 16.6. The van der Waals surface area contributed by atoms with Crippen molar-refractivity contribution in [3.05, 3.63) is 63.0 Å². The van der Waals surface area contributed by atoms with E-state index >= 15 is 0 Å². The number of aromatic nitrogens is 1. The highest BCUT2D eigenvalue weighted by Crippen LogP contribution is 2.43. The van der Waals surface area contributed by atoms with E-state index in [-0.39, 0.29) is 17.4 Å². The Morgan fingerprint density at radius 2 is 1.96 bits per heavy atom. The van der Waals surface area contributed by atoms with Crippen molar-refractivity contribution in [2.45, 2.75) is 51.6 Å². The van der Waals surface area contributed by atoms with E-state index in [9.17, 15) is 9.90 Å². The molecule has 150 valence electrons. The summed E-state index contributed by atoms with van der Waals surface area (Å²) in [5, 5.41) is 10.4. The highest BCUT2D eigenvalue weighted by atomic mass is 35.5. The number of pyridine rings is 1. The first-order valence-corrected chi connectivity index (χ1v) is 10.7. The van der Waals surface area contributed by atoms with Crippen molar-refractivity contribution >= 4 is 11.6 Å². The molecule has 0 amide bonds. The van der Waals surface area contributed by atoms with Crippen LogP contribution in [0.15, 0.2) is 41.2 Å². The van der Waals surface area contributed by atoms with Gasteiger partial charge < -0.3 is 9.67 Å². The minimum Gasteiger partial charge on any atom is -0.506 e. The summed E-state index contributed by atoms with van der Waals surface area (Å²) in [4.78, 5) is 15.2. The lowest BCUT2D eigenvalue weighted by molar-refractivity contribution is 0.0798. The van der Waals surface area contributed by atoms with Crippen molar-refractivity contribution in [1.29, 1.82) is 0 Å². The topological polar surface area (TPSA) is 45.5 Å². The van der Waals surface area contributed by atoms with E-state index in [4.69, 9.17) is 11.6 Å². The number of fused-ring (bicyclic) bond motifs is 4. The van der Waals surface area contributed by atoms with Crippen molar-refractivity contribution in [2.75, 3.05) is 13.1 Å². The molecule has 1 N–H and O–H groups in total. The first-order chi connectivity index (χ1) is 13.4. The Morgan fingerprint density at radius 3 is 2.75 bits per heavy atom. The van der Waals surface area contributed by atoms with E-state index in [1.807, 2.05) is 18.2 Å². The highest BCUT2D eigenvalue weighted by molar-refractivity contribution is 6.32. The molecule has 0 radical (unpaired) electrons. The van der Waals surface area contributed by atoms with E-state index in [0.29, 0.717) is 22.8 Å². The first kappa shape index (κ1) is 19.5. The van der Waals surface area contributed by atoms with Gasteiger partial charge in [-0.15, -0.1) is 0 Å². The Balaban J connectivity index is 1.63. The second-order valence-electron chi connectivity index (χ2n) is 8.83. The zero-order valence-corrected chi connectivity index (χ0v) is 17.4. The number of phenols is 1. The van der Waals surface area contributed by atoms with E-state index in [1.54, 1.807) is 12.1 Å². The third-order valence-corrected chi connectivity index (χ3v) is 6.80. The molecule has 2 bridgehead atoms. The maximum absolute atomic E-state index is 12.7. The highest BCUT2D eigenvalue weighted by Gasteiger charge is 2.40. The van der Waals surface area contributed by atoms with Gasteiger partial charge in [0.2, 0.25) is 0 Å². The van der Waals surface area contributed by atoms with Crippen LogP contribution in [-0.4, -0.2) is 27.7 Å². The van der Waals surface area contributed by atoms with Crippen LogP contribution in [0.25, 0.3) is 0 Å². The minimum atomic E-state index is 0.142. The largest absolute Gasteiger partial charge is 0.506 e. The lowest BCUT2D eigenvalue weighted by Gasteiger charge is -2.47. The zero-order chi connectivity index (χ0) is 19.8. The number of halogens is 1. The number of benzene rings is 1. The molecule has 1 aromatic carbocycles. The van der Waals surface area contributed by atoms with Gasteiger partial charge in [-0.3, -0.25) is 9.69 Å². The van der Waals surface area contributed by atoms with Crippen LogP contribution in [-0.2, 0) is 6.54 Å². The molecule has 1 aromatic heterocycles. The van der Waals surface area contributed by atoms with Gasteiger partial charge >= 0.3 is 0 Å². The van der Waals surface area contributed by atoms with Crippen LogP contribution in [0.5, 0.6) is 5.75 Å². The minimum absolute atomic E-state index is 0.142. The Kier molecular flexibility index (Phi) is 5.52. The molecule has 28 heavy (non-hydrogen) atoms. The van der Waals surface area contributed by atoms with Crippen molar-refractivity contribution in [3.63, 3.8) is 0 Å². The quantitative estimate of drug-likeness (QED) is 0.783. The number of hydrogen-bond donors (Lipinski definition) is 1. The molecular formula is C23H29ClN2O2. The summed E-state index contributed by atoms with van der Waals surface area (Å²) in [6.45, 7) is 7.11. The van der Waals surface area contributed by atoms with Gasteiger partial charge in [0.05, 0.1) is 5.02 Å². The van der Waals surface area contributed by atoms with Crippen LogP contribution >= 0.6 is 11.6 Å². The molecule has 2 aliphatic rings. The van der Waals surface area contributed by atoms with E-state index in [0.717, 1.165) is 44.5 Å². The molecule has 1 saturated heterocycles. The van der Waals surface area contributed by atoms with Crippen LogP contribution in [0.3, 0.4) is 0 Å². The maximum Gasteiger partial charge on any atom is 0.250 e. The summed E-state index contributed by atoms with van der Waals surface area (Å²) < 4.78 is 2.10. The van der Waals surface area contributed by atoms with Gasteiger partial charge in [0.1, 0.15) is 5.75 Å². The summed E-state index contributed by atoms with van der Waals surface area (Å²) in [5.41, 5.74) is 2.29. The number of aromatic hydroxyl groups is 1. The predicted molar refractivity (Wildman–Crippen MR) is 113 cm³/mol. The molecular weight excluding hydrogens is 372 g/mol. The molecule has 0 aliphatic carbocycles. The van der Waals surface area contributed by atoms with Gasteiger partial charge in [0.25, 0.3) is 5.56 Å². The molecule has 2 aliphatic heterocycles. The monoisotopic (exact) mass is 400 g/mol. The van der Waals surface area contributed by atoms with Crippen LogP contribution < -0.4 is 5.56 Å². The van der Waals surface area contributed by atoms with Crippen molar-refractivity contribution in [3.8, 4) is 5.75 Å². The average molecular weight is 401 g/mol. The van der Waals surface area contributed by atoms with Gasteiger partial charge in [0.15, 0.2) is 0 Å². The Labute approximate surface area is 171 Å². The fraction of sp³-hybridized carbons (Fsp3) is 0.522. The molecule has 5 heteroatoms. The summed E-state index contributed by atoms with van der Waals surface area (Å²) in [6.07, 6.45) is 3.33. The smallest absolute Gasteiger partial charge is 0.250 e. The molecule has 3 heterocycles. The first-order valence-electron chi connectivity index (χ1n) is 10.3. The summed E-state index contributed by atoms with van der Waals surface area (Å²) in [7, 11) is 0. The van der Waals surface area contributed by atoms with Crippen molar-refractivity contribution in [1.82, 2.24) is 9.47 Å². The number of piperidine rings is 1. The number of phenolic OH excluding ortho intramolecular Hbond substituents is 1. The fourth-order valence-electron chi connectivity index (χ4n) is 5.07. The van der Waals surface area contributed by atoms with Crippen LogP contribution in [0.2, 0.25) is 5.02 Å². The van der Waals surface area contributed by atoms with Gasteiger partial charge in [-0.2, -0.15) is 0 Å². The lowest BCUT2D eigenvalue weighted by atomic mass is 9.76. The number of nitrogens with zero attached hydrogens (tertiary/aromatic N) is 2. The summed E-state index contributed by atoms with van der Waals surface area (Å²) >= 11 is 6.33. The van der Waals surface area contributed by atoms with Crippen molar-refractivity contribution < 1.29 is 5.11 Å². The van der Waals surface area contributed by atoms with Crippen LogP contribution in [0.4, 0.5) is 0 Å². The second-order valence-corrected chi connectivity index (χ2v) is 9.21. The second kappa shape index (κ2) is 7.92. The Bertz CT molecular complexity index is 908. The van der Waals surface area contributed by atoms with Gasteiger partial charge in [-0.1, -0.05) is 43.6 Å². The SMILES string of the molecule is CC(C)CC[C@H]1[C@H]2C[C@H](CN(Cc3cccc(O)c3Cl)C2)c2cccc(=O)n21. The Morgan fingerprint density at radius 1 is 1.18 bits per heavy atom. The molecule has 2 aromatic rings. The molecule has 0 spiro atoms. The maximum atomic E-state index is 12.7. The van der Waals surface area contributed by atoms with E-state index in [1.165, 1.54) is 5.69 Å². The number of hydrogen-bond acceptors (Lipinski definition) is 3. The number of likely N-dealkylation sites (tertiary alicyclic amines) is 1. The average Bonchev–Trinajstić information content (AvgIpc) is 2.65. The number of rotatable bonds is 5. The molecule has 4 nitrogen and oxygen atoms in total. The molecule has 4 rings (SSSR count). The van der Waals surface area contributed by atoms with Crippen LogP contribution in [0, 0.1) is 11.8 Å². The van der Waals surface area contributed by atoms with Gasteiger partial charge in [0, 0.05) is 43.4 Å². The Hall–Kier alpha value is -1.78. The fourth-order valence-corrected chi connectivity index (χ4v) is 5.25. The molecule has 3 atom stereocenters. The molecule has 0 saturated carbocycles. The normalized spacial score (nSPS) is 24.4. The molecule has 1 fully saturated rings. The van der Waals surface area contributed by atoms with Gasteiger partial charge in [-0.25, -0.2) is 0 Å². The lowest BCUT2D eigenvalue weighted by Crippen LogP contribution is -2.49. The summed E-state index contributed by atoms with van der Waals surface area (Å²) in [6, 6.07) is 11.5. The van der Waals surface area contributed by atoms with Gasteiger partial charge in [-0.05, 0) is 48.8 Å². The third kappa shape index (κ3) is 3.72. The van der Waals surface area contributed by atoms with E-state index < -0.39 is 0 Å². The van der Waals surface area contributed by atoms with Crippen molar-refractivity contribution in [2.24, 2.45) is 11.8 Å². The summed E-state index contributed by atoms with van der Waals surface area (Å²) in [5.74, 6) is 1.62. The predicted octanol–water partition coefficient (Wildman–Crippen LogP) is 4.80.